The number of rotatable bonds is 6. The van der Waals surface area contributed by atoms with Gasteiger partial charge in [0, 0.05) is 6.42 Å². The lowest BCUT2D eigenvalue weighted by Crippen LogP contribution is -2.01. The Kier molecular flexibility index (Phi) is 5.48. The highest BCUT2D eigenvalue weighted by Gasteiger charge is 2.15. The van der Waals surface area contributed by atoms with E-state index in [0.29, 0.717) is 12.8 Å². The number of methoxy groups -OCH3 is 1. The van der Waals surface area contributed by atoms with Gasteiger partial charge in [0.1, 0.15) is 5.75 Å². The van der Waals surface area contributed by atoms with Gasteiger partial charge in [0.25, 0.3) is 0 Å². The van der Waals surface area contributed by atoms with Gasteiger partial charge in [-0.15, -0.1) is 11.6 Å². The molecule has 0 spiro atoms. The molecule has 0 aliphatic rings. The molecule has 1 aromatic rings. The van der Waals surface area contributed by atoms with E-state index in [9.17, 15) is 4.79 Å². The van der Waals surface area contributed by atoms with Crippen molar-refractivity contribution in [2.45, 2.75) is 38.5 Å². The first kappa shape index (κ1) is 14.8. The molecule has 0 radical (unpaired) electrons. The van der Waals surface area contributed by atoms with Crippen molar-refractivity contribution in [2.24, 2.45) is 0 Å². The summed E-state index contributed by atoms with van der Waals surface area (Å²) in [6, 6.07) is 3.91. The highest BCUT2D eigenvalue weighted by atomic mass is 35.5. The van der Waals surface area contributed by atoms with E-state index in [2.05, 4.69) is 0 Å². The summed E-state index contributed by atoms with van der Waals surface area (Å²) in [4.78, 5) is 10.5. The number of ether oxygens (including phenoxy) is 1. The number of halogens is 1. The van der Waals surface area contributed by atoms with Crippen LogP contribution in [0.4, 0.5) is 0 Å². The van der Waals surface area contributed by atoms with E-state index in [4.69, 9.17) is 21.4 Å². The molecule has 0 saturated heterocycles. The lowest BCUT2D eigenvalue weighted by atomic mass is 9.96. The van der Waals surface area contributed by atoms with E-state index in [1.807, 2.05) is 26.0 Å². The fourth-order valence-corrected chi connectivity index (χ4v) is 2.62. The molecule has 1 N–H and O–H groups in total. The fourth-order valence-electron chi connectivity index (χ4n) is 2.12. The largest absolute Gasteiger partial charge is 0.497 e. The molecule has 1 unspecified atom stereocenters. The Morgan fingerprint density at radius 3 is 2.39 bits per heavy atom. The van der Waals surface area contributed by atoms with Crippen LogP contribution in [0.3, 0.4) is 0 Å². The third kappa shape index (κ3) is 3.91. The first-order chi connectivity index (χ1) is 8.45. The minimum atomic E-state index is -0.776. The van der Waals surface area contributed by atoms with Crippen LogP contribution in [0.15, 0.2) is 12.1 Å². The summed E-state index contributed by atoms with van der Waals surface area (Å²) in [7, 11) is 1.64. The topological polar surface area (TPSA) is 46.5 Å². The number of carbonyl (C=O) groups is 1. The molecule has 0 saturated carbocycles. The molecular weight excluding hydrogens is 252 g/mol. The average Bonchev–Trinajstić information content (AvgIpc) is 2.27. The lowest BCUT2D eigenvalue weighted by molar-refractivity contribution is -0.137. The standard InChI is InChI=1S/C14H19ClO3/c1-9-7-11(18-3)8-10(2)14(9)12(15)5-4-6-13(16)17/h7-8,12H,4-6H2,1-3H3,(H,16,17). The molecule has 0 amide bonds. The maximum absolute atomic E-state index is 10.5. The number of carboxylic acid groups (broad SMARTS) is 1. The predicted molar refractivity (Wildman–Crippen MR) is 72.5 cm³/mol. The highest BCUT2D eigenvalue weighted by Crippen LogP contribution is 2.33. The molecule has 0 aromatic heterocycles. The van der Waals surface area contributed by atoms with E-state index in [-0.39, 0.29) is 11.8 Å². The first-order valence-electron chi connectivity index (χ1n) is 5.96. The Morgan fingerprint density at radius 1 is 1.39 bits per heavy atom. The van der Waals surface area contributed by atoms with Crippen LogP contribution in [0.2, 0.25) is 0 Å². The summed E-state index contributed by atoms with van der Waals surface area (Å²) in [6.45, 7) is 3.99. The van der Waals surface area contributed by atoms with Crippen molar-refractivity contribution in [1.82, 2.24) is 0 Å². The van der Waals surface area contributed by atoms with Gasteiger partial charge in [0.05, 0.1) is 12.5 Å². The minimum Gasteiger partial charge on any atom is -0.497 e. The maximum atomic E-state index is 10.5. The highest BCUT2D eigenvalue weighted by molar-refractivity contribution is 6.21. The Bertz CT molecular complexity index is 406. The summed E-state index contributed by atoms with van der Waals surface area (Å²) in [5, 5.41) is 8.47. The Balaban J connectivity index is 2.79. The molecule has 0 aliphatic carbocycles. The number of hydrogen-bond donors (Lipinski definition) is 1. The molecule has 1 rings (SSSR count). The average molecular weight is 271 g/mol. The van der Waals surface area contributed by atoms with Crippen molar-refractivity contribution in [3.8, 4) is 5.75 Å². The summed E-state index contributed by atoms with van der Waals surface area (Å²) < 4.78 is 5.20. The van der Waals surface area contributed by atoms with Gasteiger partial charge in [0.2, 0.25) is 0 Å². The van der Waals surface area contributed by atoms with E-state index < -0.39 is 5.97 Å². The fraction of sp³-hybridized carbons (Fsp3) is 0.500. The van der Waals surface area contributed by atoms with Gasteiger partial charge >= 0.3 is 5.97 Å². The third-order valence-corrected chi connectivity index (χ3v) is 3.40. The molecule has 1 atom stereocenters. The van der Waals surface area contributed by atoms with Crippen LogP contribution in [-0.2, 0) is 4.79 Å². The number of aliphatic carboxylic acids is 1. The van der Waals surface area contributed by atoms with Crippen LogP contribution in [-0.4, -0.2) is 18.2 Å². The monoisotopic (exact) mass is 270 g/mol. The summed E-state index contributed by atoms with van der Waals surface area (Å²) in [5.41, 5.74) is 3.26. The van der Waals surface area contributed by atoms with Crippen molar-refractivity contribution in [3.63, 3.8) is 0 Å². The summed E-state index contributed by atoms with van der Waals surface area (Å²) in [5.74, 6) is 0.0465. The molecule has 4 heteroatoms. The van der Waals surface area contributed by atoms with Crippen LogP contribution in [0.5, 0.6) is 5.75 Å². The van der Waals surface area contributed by atoms with Gasteiger partial charge in [-0.1, -0.05) is 0 Å². The minimum absolute atomic E-state index is 0.143. The van der Waals surface area contributed by atoms with Crippen LogP contribution in [0.25, 0.3) is 0 Å². The Morgan fingerprint density at radius 2 is 1.94 bits per heavy atom. The van der Waals surface area contributed by atoms with Gasteiger partial charge in [-0.2, -0.15) is 0 Å². The molecule has 18 heavy (non-hydrogen) atoms. The Hall–Kier alpha value is -1.22. The van der Waals surface area contributed by atoms with E-state index >= 15 is 0 Å². The van der Waals surface area contributed by atoms with Gasteiger partial charge in [-0.3, -0.25) is 4.79 Å². The van der Waals surface area contributed by atoms with E-state index in [1.165, 1.54) is 0 Å². The second kappa shape index (κ2) is 6.64. The van der Waals surface area contributed by atoms with Crippen molar-refractivity contribution in [2.75, 3.05) is 7.11 Å². The van der Waals surface area contributed by atoms with Gasteiger partial charge in [-0.25, -0.2) is 0 Å². The molecule has 0 aliphatic heterocycles. The number of benzene rings is 1. The first-order valence-corrected chi connectivity index (χ1v) is 6.40. The number of aryl methyl sites for hydroxylation is 2. The molecule has 0 heterocycles. The smallest absolute Gasteiger partial charge is 0.303 e. The SMILES string of the molecule is COc1cc(C)c(C(Cl)CCCC(=O)O)c(C)c1. The zero-order valence-electron chi connectivity index (χ0n) is 11.0. The van der Waals surface area contributed by atoms with E-state index in [0.717, 1.165) is 22.4 Å². The molecule has 3 nitrogen and oxygen atoms in total. The lowest BCUT2D eigenvalue weighted by Gasteiger charge is -2.16. The molecule has 0 fully saturated rings. The number of carboxylic acids is 1. The van der Waals surface area contributed by atoms with Crippen molar-refractivity contribution < 1.29 is 14.6 Å². The maximum Gasteiger partial charge on any atom is 0.303 e. The van der Waals surface area contributed by atoms with Crippen LogP contribution >= 0.6 is 11.6 Å². The summed E-state index contributed by atoms with van der Waals surface area (Å²) in [6.07, 6.45) is 1.42. The Labute approximate surface area is 113 Å². The van der Waals surface area contributed by atoms with Crippen molar-refractivity contribution >= 4 is 17.6 Å². The second-order valence-corrected chi connectivity index (χ2v) is 4.96. The third-order valence-electron chi connectivity index (χ3n) is 2.96. The quantitative estimate of drug-likeness (QED) is 0.799. The summed E-state index contributed by atoms with van der Waals surface area (Å²) >= 11 is 6.36. The van der Waals surface area contributed by atoms with Gasteiger partial charge in [-0.05, 0) is 55.5 Å². The zero-order valence-corrected chi connectivity index (χ0v) is 11.8. The predicted octanol–water partition coefficient (Wildman–Crippen LogP) is 3.85. The van der Waals surface area contributed by atoms with Crippen molar-refractivity contribution in [3.05, 3.63) is 28.8 Å². The van der Waals surface area contributed by atoms with Crippen molar-refractivity contribution in [1.29, 1.82) is 0 Å². The van der Waals surface area contributed by atoms with Crippen LogP contribution in [0.1, 0.15) is 41.3 Å². The van der Waals surface area contributed by atoms with Gasteiger partial charge in [0.15, 0.2) is 0 Å². The number of alkyl halides is 1. The van der Waals surface area contributed by atoms with E-state index in [1.54, 1.807) is 7.11 Å². The zero-order chi connectivity index (χ0) is 13.7. The number of hydrogen-bond acceptors (Lipinski definition) is 2. The van der Waals surface area contributed by atoms with Crippen LogP contribution < -0.4 is 4.74 Å². The van der Waals surface area contributed by atoms with Gasteiger partial charge < -0.3 is 9.84 Å². The molecule has 100 valence electrons. The second-order valence-electron chi connectivity index (χ2n) is 4.43. The molecule has 0 bridgehead atoms. The normalized spacial score (nSPS) is 12.2. The molecule has 1 aromatic carbocycles. The van der Waals surface area contributed by atoms with Crippen LogP contribution in [0, 0.1) is 13.8 Å². The molecular formula is C14H19ClO3.